The molecule has 1 aliphatic heterocycles. The molecule has 1 aromatic heterocycles. The summed E-state index contributed by atoms with van der Waals surface area (Å²) in [5.74, 6) is 0.834. The number of hydrogen-bond acceptors (Lipinski definition) is 11. The van der Waals surface area contributed by atoms with E-state index in [0.717, 1.165) is 12.1 Å². The van der Waals surface area contributed by atoms with Crippen molar-refractivity contribution in [3.63, 3.8) is 0 Å². The molecule has 3 aromatic rings. The number of rotatable bonds is 9. The lowest BCUT2D eigenvalue weighted by Crippen LogP contribution is -2.40. The van der Waals surface area contributed by atoms with Gasteiger partial charge in [-0.3, -0.25) is 10.3 Å². The van der Waals surface area contributed by atoms with Crippen LogP contribution in [-0.4, -0.2) is 46.6 Å². The largest absolute Gasteiger partial charge is 0.573 e. The number of amides is 1. The molecule has 3 N–H and O–H groups in total. The van der Waals surface area contributed by atoms with Gasteiger partial charge in [-0.2, -0.15) is 0 Å². The maximum absolute atomic E-state index is 12.5. The van der Waals surface area contributed by atoms with Gasteiger partial charge in [-0.15, -0.1) is 23.8 Å². The lowest BCUT2D eigenvalue weighted by Gasteiger charge is -2.19. The van der Waals surface area contributed by atoms with Crippen molar-refractivity contribution in [1.82, 2.24) is 21.1 Å². The number of alkyl halides is 3. The lowest BCUT2D eigenvalue weighted by molar-refractivity contribution is -0.274. The van der Waals surface area contributed by atoms with Crippen LogP contribution in [0.1, 0.15) is 32.0 Å². The molecule has 0 saturated heterocycles. The number of carbonyl (C=O) groups excluding carboxylic acids is 1. The average molecular weight is 588 g/mol. The molecule has 0 fully saturated rings. The van der Waals surface area contributed by atoms with Gasteiger partial charge in [0.15, 0.2) is 18.2 Å². The number of ether oxygens (including phenoxy) is 3. The summed E-state index contributed by atoms with van der Waals surface area (Å²) in [4.78, 5) is 22.1. The van der Waals surface area contributed by atoms with E-state index >= 15 is 0 Å². The van der Waals surface area contributed by atoms with E-state index in [1.807, 2.05) is 0 Å². The predicted octanol–water partition coefficient (Wildman–Crippen LogP) is 5.31. The second-order valence-electron chi connectivity index (χ2n) is 9.69. The third kappa shape index (κ3) is 8.72. The molecule has 42 heavy (non-hydrogen) atoms. The van der Waals surface area contributed by atoms with Gasteiger partial charge in [0.25, 0.3) is 0 Å². The number of anilines is 1. The minimum Gasteiger partial charge on any atom is -0.457 e. The first-order valence-corrected chi connectivity index (χ1v) is 12.5. The van der Waals surface area contributed by atoms with E-state index in [4.69, 9.17) is 14.3 Å². The van der Waals surface area contributed by atoms with Crippen molar-refractivity contribution in [2.75, 3.05) is 12.4 Å². The van der Waals surface area contributed by atoms with E-state index < -0.39 is 18.1 Å². The van der Waals surface area contributed by atoms with E-state index in [9.17, 15) is 18.0 Å². The summed E-state index contributed by atoms with van der Waals surface area (Å²) in [5, 5.41) is 12.6. The zero-order valence-electron chi connectivity index (χ0n) is 23.0. The number of carbonyl (C=O) groups is 1. The first kappa shape index (κ1) is 29.9. The van der Waals surface area contributed by atoms with Crippen LogP contribution in [0.25, 0.3) is 0 Å². The highest BCUT2D eigenvalue weighted by molar-refractivity contribution is 6.47. The van der Waals surface area contributed by atoms with E-state index in [1.165, 1.54) is 12.1 Å². The number of pyridine rings is 1. The number of benzene rings is 2. The van der Waals surface area contributed by atoms with Crippen LogP contribution in [0.15, 0.2) is 77.0 Å². The van der Waals surface area contributed by atoms with Crippen LogP contribution in [-0.2, 0) is 16.2 Å². The van der Waals surface area contributed by atoms with Gasteiger partial charge in [-0.25, -0.2) is 15.3 Å². The van der Waals surface area contributed by atoms with Crippen molar-refractivity contribution in [3.05, 3.63) is 78.0 Å². The molecular formula is C27H28F3N7O5. The van der Waals surface area contributed by atoms with Crippen molar-refractivity contribution in [2.45, 2.75) is 39.3 Å². The Morgan fingerprint density at radius 3 is 2.38 bits per heavy atom. The average Bonchev–Trinajstić information content (AvgIpc) is 3.32. The van der Waals surface area contributed by atoms with Crippen molar-refractivity contribution < 1.29 is 37.0 Å². The Kier molecular flexibility index (Phi) is 9.00. The van der Waals surface area contributed by atoms with E-state index in [2.05, 4.69) is 36.4 Å². The smallest absolute Gasteiger partial charge is 0.457 e. The molecule has 0 spiro atoms. The Bertz CT molecular complexity index is 1460. The van der Waals surface area contributed by atoms with Crippen molar-refractivity contribution in [2.24, 2.45) is 10.3 Å². The Morgan fingerprint density at radius 1 is 1.00 bits per heavy atom. The number of amidine groups is 1. The molecule has 0 radical (unpaired) electrons. The number of para-hydroxylation sites is 1. The predicted molar refractivity (Wildman–Crippen MR) is 147 cm³/mol. The lowest BCUT2D eigenvalue weighted by atomic mass is 10.1. The number of oxime groups is 1. The van der Waals surface area contributed by atoms with E-state index in [-0.39, 0.29) is 29.6 Å². The molecule has 2 heterocycles. The highest BCUT2D eigenvalue weighted by Crippen LogP contribution is 2.30. The molecule has 1 amide bonds. The fraction of sp³-hybridized carbons (Fsp3) is 0.259. The molecular weight excluding hydrogens is 559 g/mol. The molecule has 0 unspecified atom stereocenters. The quantitative estimate of drug-likeness (QED) is 0.225. The number of nitrogens with zero attached hydrogens (tertiary/aromatic N) is 4. The SMILES string of the molecule is CN1NNN=C1/C(=N\OCc1cccc(NC(=O)OC(C)(C)C)n1)c1ccccc1Oc1ccc(OC(F)(F)F)cc1. The Morgan fingerprint density at radius 2 is 1.71 bits per heavy atom. The van der Waals surface area contributed by atoms with Crippen LogP contribution in [0.2, 0.25) is 0 Å². The van der Waals surface area contributed by atoms with Gasteiger partial charge in [-0.1, -0.05) is 23.4 Å². The van der Waals surface area contributed by atoms with Gasteiger partial charge < -0.3 is 19.0 Å². The summed E-state index contributed by atoms with van der Waals surface area (Å²) in [6, 6.07) is 16.8. The van der Waals surface area contributed by atoms with Crippen LogP contribution in [0, 0.1) is 0 Å². The molecule has 0 saturated carbocycles. The molecule has 2 aromatic carbocycles. The number of hydrazone groups is 1. The summed E-state index contributed by atoms with van der Waals surface area (Å²) in [6.45, 7) is 5.20. The normalized spacial score (nSPS) is 13.6. The maximum Gasteiger partial charge on any atom is 0.573 e. The van der Waals surface area contributed by atoms with Crippen molar-refractivity contribution >= 4 is 23.5 Å². The van der Waals surface area contributed by atoms with Crippen LogP contribution < -0.4 is 25.9 Å². The van der Waals surface area contributed by atoms with Crippen molar-refractivity contribution in [1.29, 1.82) is 0 Å². The minimum atomic E-state index is -4.80. The number of aromatic nitrogens is 1. The Hall–Kier alpha value is -5.05. The maximum atomic E-state index is 12.5. The zero-order valence-corrected chi connectivity index (χ0v) is 23.0. The molecule has 222 valence electrons. The fourth-order valence-electron chi connectivity index (χ4n) is 3.49. The van der Waals surface area contributed by atoms with Gasteiger partial charge >= 0.3 is 12.5 Å². The van der Waals surface area contributed by atoms with Crippen LogP contribution in [0.4, 0.5) is 23.8 Å². The standard InChI is InChI=1S/C27H28F3N7O5/c1-26(2,3)42-25(38)32-22-11-7-8-17(31-22)16-39-34-23(24-33-35-36-37(24)4)20-9-5-6-10-21(20)40-18-12-14-19(15-13-18)41-27(28,29)30/h5-15,35-36H,16H2,1-4H3,(H,31,32,38)/b34-23-. The van der Waals surface area contributed by atoms with Gasteiger partial charge in [0, 0.05) is 7.05 Å². The van der Waals surface area contributed by atoms with E-state index in [1.54, 1.807) is 75.3 Å². The van der Waals surface area contributed by atoms with Gasteiger partial charge in [0.2, 0.25) is 0 Å². The number of halogens is 3. The van der Waals surface area contributed by atoms with Crippen molar-refractivity contribution in [3.8, 4) is 17.2 Å². The van der Waals surface area contributed by atoms with Gasteiger partial charge in [-0.05, 0) is 69.3 Å². The summed E-state index contributed by atoms with van der Waals surface area (Å²) in [7, 11) is 1.70. The summed E-state index contributed by atoms with van der Waals surface area (Å²) >= 11 is 0. The van der Waals surface area contributed by atoms with Gasteiger partial charge in [0.05, 0.1) is 11.3 Å². The molecule has 0 atom stereocenters. The number of likely N-dealkylation sites (N-methyl/N-ethyl adjacent to an activating group) is 1. The monoisotopic (exact) mass is 587 g/mol. The summed E-state index contributed by atoms with van der Waals surface area (Å²) in [5.41, 5.74) is 5.97. The zero-order chi connectivity index (χ0) is 30.3. The Labute approximate surface area is 239 Å². The minimum absolute atomic E-state index is 0.0606. The summed E-state index contributed by atoms with van der Waals surface area (Å²) in [6.07, 6.45) is -5.45. The van der Waals surface area contributed by atoms with Crippen LogP contribution in [0.5, 0.6) is 17.2 Å². The molecule has 0 bridgehead atoms. The second-order valence-corrected chi connectivity index (χ2v) is 9.69. The third-order valence-corrected chi connectivity index (χ3v) is 5.14. The molecule has 15 heteroatoms. The molecule has 0 aliphatic carbocycles. The summed E-state index contributed by atoms with van der Waals surface area (Å²) < 4.78 is 52.7. The number of hydrogen-bond donors (Lipinski definition) is 3. The fourth-order valence-corrected chi connectivity index (χ4v) is 3.49. The van der Waals surface area contributed by atoms with E-state index in [0.29, 0.717) is 22.8 Å². The second kappa shape index (κ2) is 12.6. The Balaban J connectivity index is 1.53. The van der Waals surface area contributed by atoms with Crippen LogP contribution >= 0.6 is 0 Å². The molecule has 12 nitrogen and oxygen atoms in total. The topological polar surface area (TPSA) is 131 Å². The molecule has 1 aliphatic rings. The third-order valence-electron chi connectivity index (χ3n) is 5.14. The first-order valence-electron chi connectivity index (χ1n) is 12.5. The first-order chi connectivity index (χ1) is 19.9. The highest BCUT2D eigenvalue weighted by Gasteiger charge is 2.31. The van der Waals surface area contributed by atoms with Gasteiger partial charge in [0.1, 0.15) is 28.7 Å². The number of hydrazine groups is 2. The van der Waals surface area contributed by atoms with Crippen LogP contribution in [0.3, 0.4) is 0 Å². The highest BCUT2D eigenvalue weighted by atomic mass is 19.4. The molecule has 4 rings (SSSR count). The number of nitrogens with one attached hydrogen (secondary N) is 3.